The van der Waals surface area contributed by atoms with Gasteiger partial charge >= 0.3 is 0 Å². The van der Waals surface area contributed by atoms with E-state index in [1.165, 1.54) is 0 Å². The molecule has 0 aliphatic carbocycles. The van der Waals surface area contributed by atoms with Crippen LogP contribution in [0.5, 0.6) is 0 Å². The molecule has 3 heterocycles. The van der Waals surface area contributed by atoms with E-state index in [0.717, 1.165) is 40.8 Å². The molecule has 1 amide bonds. The quantitative estimate of drug-likeness (QED) is 0.616. The number of aromatic nitrogens is 1. The first kappa shape index (κ1) is 18.4. The second-order valence-electron chi connectivity index (χ2n) is 7.54. The molecule has 0 radical (unpaired) electrons. The topological polar surface area (TPSA) is 37.7 Å². The number of morpholine rings is 1. The Morgan fingerprint density at radius 1 is 1.14 bits per heavy atom. The van der Waals surface area contributed by atoms with Crippen LogP contribution in [0.4, 0.5) is 5.69 Å². The molecule has 2 aliphatic rings. The number of rotatable bonds is 3. The molecular formula is C23H22ClN3O2. The second-order valence-corrected chi connectivity index (χ2v) is 7.97. The van der Waals surface area contributed by atoms with Gasteiger partial charge in [0.05, 0.1) is 25.6 Å². The van der Waals surface area contributed by atoms with Gasteiger partial charge in [-0.1, -0.05) is 35.9 Å². The Labute approximate surface area is 174 Å². The molecule has 1 fully saturated rings. The summed E-state index contributed by atoms with van der Waals surface area (Å²) in [4.78, 5) is 17.5. The molecule has 0 unspecified atom stereocenters. The normalized spacial score (nSPS) is 18.8. The zero-order chi connectivity index (χ0) is 20.0. The van der Waals surface area contributed by atoms with Crippen molar-refractivity contribution in [2.45, 2.75) is 0 Å². The first-order chi connectivity index (χ1) is 14.1. The fourth-order valence-electron chi connectivity index (χ4n) is 4.19. The van der Waals surface area contributed by atoms with E-state index in [9.17, 15) is 4.79 Å². The summed E-state index contributed by atoms with van der Waals surface area (Å²) in [6, 6.07) is 13.9. The molecule has 6 heteroatoms. The fourth-order valence-corrected chi connectivity index (χ4v) is 4.36. The summed E-state index contributed by atoms with van der Waals surface area (Å²) in [5, 5.41) is 1.77. The Kier molecular flexibility index (Phi) is 4.66. The number of aryl methyl sites for hydroxylation is 1. The minimum absolute atomic E-state index is 0.0155. The summed E-state index contributed by atoms with van der Waals surface area (Å²) in [6.07, 6.45) is 4.09. The van der Waals surface area contributed by atoms with Crippen LogP contribution in [-0.2, 0) is 16.6 Å². The molecule has 0 bridgehead atoms. The fraction of sp³-hybridized carbons (Fsp3) is 0.261. The Morgan fingerprint density at radius 2 is 1.93 bits per heavy atom. The molecule has 0 atom stereocenters. The van der Waals surface area contributed by atoms with Crippen LogP contribution in [0.1, 0.15) is 11.1 Å². The number of nitrogens with zero attached hydrogens (tertiary/aromatic N) is 3. The predicted octanol–water partition coefficient (Wildman–Crippen LogP) is 4.01. The summed E-state index contributed by atoms with van der Waals surface area (Å²) in [5.41, 5.74) is 4.70. The molecule has 0 saturated carbocycles. The summed E-state index contributed by atoms with van der Waals surface area (Å²) in [7, 11) is 2.03. The number of ether oxygens (including phenoxy) is 1. The van der Waals surface area contributed by atoms with Gasteiger partial charge in [0, 0.05) is 59.0 Å². The van der Waals surface area contributed by atoms with Crippen LogP contribution in [0.25, 0.3) is 22.6 Å². The van der Waals surface area contributed by atoms with Gasteiger partial charge in [0.1, 0.15) is 0 Å². The Balaban J connectivity index is 1.58. The van der Waals surface area contributed by atoms with Gasteiger partial charge < -0.3 is 9.30 Å². The first-order valence-electron chi connectivity index (χ1n) is 9.79. The minimum Gasteiger partial charge on any atom is -0.379 e. The highest BCUT2D eigenvalue weighted by molar-refractivity contribution is 6.37. The predicted molar refractivity (Wildman–Crippen MR) is 117 cm³/mol. The smallest absolute Gasteiger partial charge is 0.260 e. The lowest BCUT2D eigenvalue weighted by Crippen LogP contribution is -2.45. The number of hydrogen-bond acceptors (Lipinski definition) is 3. The zero-order valence-corrected chi connectivity index (χ0v) is 17.0. The van der Waals surface area contributed by atoms with E-state index in [1.807, 2.05) is 48.4 Å². The van der Waals surface area contributed by atoms with Gasteiger partial charge in [-0.15, -0.1) is 0 Å². The third kappa shape index (κ3) is 3.25. The van der Waals surface area contributed by atoms with Gasteiger partial charge in [0.2, 0.25) is 0 Å². The number of amides is 1. The maximum absolute atomic E-state index is 13.4. The third-order valence-corrected chi connectivity index (χ3v) is 5.92. The summed E-state index contributed by atoms with van der Waals surface area (Å²) >= 11 is 6.27. The SMILES string of the molecule is Cn1cc(/C=C2\C(=O)N(CN3CCOCC3)c3cc(Cl)ccc32)c2ccccc21. The number of carbonyl (C=O) groups excluding carboxylic acids is 1. The Bertz CT molecular complexity index is 1130. The number of benzene rings is 2. The van der Waals surface area contributed by atoms with E-state index >= 15 is 0 Å². The molecule has 2 aliphatic heterocycles. The van der Waals surface area contributed by atoms with E-state index < -0.39 is 0 Å². The highest BCUT2D eigenvalue weighted by Crippen LogP contribution is 2.40. The van der Waals surface area contributed by atoms with Gasteiger partial charge in [0.15, 0.2) is 0 Å². The molecule has 1 saturated heterocycles. The van der Waals surface area contributed by atoms with Crippen LogP contribution >= 0.6 is 11.6 Å². The molecule has 5 nitrogen and oxygen atoms in total. The molecular weight excluding hydrogens is 386 g/mol. The van der Waals surface area contributed by atoms with Gasteiger partial charge in [0.25, 0.3) is 5.91 Å². The van der Waals surface area contributed by atoms with Crippen molar-refractivity contribution in [2.24, 2.45) is 7.05 Å². The molecule has 0 spiro atoms. The van der Waals surface area contributed by atoms with Gasteiger partial charge in [-0.3, -0.25) is 14.6 Å². The molecule has 148 valence electrons. The van der Waals surface area contributed by atoms with Crippen LogP contribution in [0.3, 0.4) is 0 Å². The van der Waals surface area contributed by atoms with Crippen molar-refractivity contribution in [1.82, 2.24) is 9.47 Å². The van der Waals surface area contributed by atoms with Crippen molar-refractivity contribution in [3.8, 4) is 0 Å². The average molecular weight is 408 g/mol. The van der Waals surface area contributed by atoms with Crippen molar-refractivity contribution in [3.63, 3.8) is 0 Å². The maximum Gasteiger partial charge on any atom is 0.260 e. The average Bonchev–Trinajstić information content (AvgIpc) is 3.18. The van der Waals surface area contributed by atoms with E-state index in [2.05, 4.69) is 27.8 Å². The van der Waals surface area contributed by atoms with E-state index in [-0.39, 0.29) is 5.91 Å². The van der Waals surface area contributed by atoms with E-state index in [4.69, 9.17) is 16.3 Å². The lowest BCUT2D eigenvalue weighted by molar-refractivity contribution is -0.113. The molecule has 2 aromatic carbocycles. The third-order valence-electron chi connectivity index (χ3n) is 5.69. The standard InChI is InChI=1S/C23H22ClN3O2/c1-25-14-16(18-4-2-3-5-21(18)25)12-20-19-7-6-17(24)13-22(19)27(23(20)28)15-26-8-10-29-11-9-26/h2-7,12-14H,8-11,15H2,1H3/b20-12-. The Hall–Kier alpha value is -2.60. The molecule has 5 rings (SSSR count). The monoisotopic (exact) mass is 407 g/mol. The zero-order valence-electron chi connectivity index (χ0n) is 16.3. The summed E-state index contributed by atoms with van der Waals surface area (Å²) in [5.74, 6) is 0.0155. The van der Waals surface area contributed by atoms with Crippen molar-refractivity contribution in [1.29, 1.82) is 0 Å². The van der Waals surface area contributed by atoms with Crippen LogP contribution < -0.4 is 4.90 Å². The number of fused-ring (bicyclic) bond motifs is 2. The number of anilines is 1. The van der Waals surface area contributed by atoms with Crippen LogP contribution in [0.2, 0.25) is 5.02 Å². The van der Waals surface area contributed by atoms with Crippen LogP contribution in [-0.4, -0.2) is 48.3 Å². The molecule has 1 aromatic heterocycles. The molecule has 0 N–H and O–H groups in total. The van der Waals surface area contributed by atoms with E-state index in [1.54, 1.807) is 0 Å². The molecule has 3 aromatic rings. The maximum atomic E-state index is 13.4. The van der Waals surface area contributed by atoms with Gasteiger partial charge in [-0.25, -0.2) is 0 Å². The van der Waals surface area contributed by atoms with E-state index in [0.29, 0.717) is 30.5 Å². The highest BCUT2D eigenvalue weighted by atomic mass is 35.5. The minimum atomic E-state index is 0.0155. The van der Waals surface area contributed by atoms with Gasteiger partial charge in [-0.05, 0) is 24.3 Å². The van der Waals surface area contributed by atoms with Crippen LogP contribution in [0, 0.1) is 0 Å². The van der Waals surface area contributed by atoms with Crippen molar-refractivity contribution >= 4 is 45.7 Å². The van der Waals surface area contributed by atoms with Gasteiger partial charge in [-0.2, -0.15) is 0 Å². The summed E-state index contributed by atoms with van der Waals surface area (Å²) < 4.78 is 7.54. The summed E-state index contributed by atoms with van der Waals surface area (Å²) in [6.45, 7) is 3.58. The van der Waals surface area contributed by atoms with Crippen molar-refractivity contribution < 1.29 is 9.53 Å². The van der Waals surface area contributed by atoms with Crippen molar-refractivity contribution in [3.05, 3.63) is 64.8 Å². The van der Waals surface area contributed by atoms with Crippen LogP contribution in [0.15, 0.2) is 48.7 Å². The number of carbonyl (C=O) groups is 1. The first-order valence-corrected chi connectivity index (χ1v) is 10.2. The lowest BCUT2D eigenvalue weighted by Gasteiger charge is -2.30. The number of hydrogen-bond donors (Lipinski definition) is 0. The molecule has 29 heavy (non-hydrogen) atoms. The largest absolute Gasteiger partial charge is 0.379 e. The highest BCUT2D eigenvalue weighted by Gasteiger charge is 2.34. The Morgan fingerprint density at radius 3 is 2.76 bits per heavy atom. The second kappa shape index (κ2) is 7.34. The van der Waals surface area contributed by atoms with Crippen molar-refractivity contribution in [2.75, 3.05) is 37.9 Å². The number of halogens is 1. The lowest BCUT2D eigenvalue weighted by atomic mass is 10.0. The number of para-hydroxylation sites is 1.